The van der Waals surface area contributed by atoms with Crippen LogP contribution in [0.2, 0.25) is 0 Å². The Kier molecular flexibility index (Phi) is 5.71. The van der Waals surface area contributed by atoms with Crippen LogP contribution < -0.4 is 5.32 Å². The lowest BCUT2D eigenvalue weighted by Gasteiger charge is -2.35. The highest BCUT2D eigenvalue weighted by molar-refractivity contribution is 5.92. The SMILES string of the molecule is Cc1cc(C)cc(NC(=O)CN2CCN(C(=O)[C@@H]3CCCO3)CC2)c1. The van der Waals surface area contributed by atoms with E-state index in [4.69, 9.17) is 4.74 Å². The number of hydrogen-bond donors (Lipinski definition) is 1. The van der Waals surface area contributed by atoms with Crippen LogP contribution in [0.3, 0.4) is 0 Å². The van der Waals surface area contributed by atoms with Gasteiger partial charge in [0.05, 0.1) is 6.54 Å². The van der Waals surface area contributed by atoms with E-state index >= 15 is 0 Å². The Balaban J connectivity index is 1.45. The minimum absolute atomic E-state index is 0.0103. The van der Waals surface area contributed by atoms with Gasteiger partial charge in [0.2, 0.25) is 5.91 Å². The van der Waals surface area contributed by atoms with Crippen LogP contribution in [0.15, 0.2) is 18.2 Å². The first-order valence-corrected chi connectivity index (χ1v) is 9.02. The maximum absolute atomic E-state index is 12.3. The maximum atomic E-state index is 12.3. The van der Waals surface area contributed by atoms with Crippen LogP contribution in [0.4, 0.5) is 5.69 Å². The summed E-state index contributed by atoms with van der Waals surface area (Å²) in [7, 11) is 0. The summed E-state index contributed by atoms with van der Waals surface area (Å²) in [6.45, 7) is 7.85. The second-order valence-electron chi connectivity index (χ2n) is 7.03. The summed E-state index contributed by atoms with van der Waals surface area (Å²) < 4.78 is 5.48. The molecule has 1 aromatic rings. The standard InChI is InChI=1S/C19H27N3O3/c1-14-10-15(2)12-16(11-14)20-18(23)13-21-5-7-22(8-6-21)19(24)17-4-3-9-25-17/h10-12,17H,3-9,13H2,1-2H3,(H,20,23)/t17-/m0/s1. The van der Waals surface area contributed by atoms with Gasteiger partial charge in [0.15, 0.2) is 0 Å². The highest BCUT2D eigenvalue weighted by Crippen LogP contribution is 2.16. The second-order valence-corrected chi connectivity index (χ2v) is 7.03. The van der Waals surface area contributed by atoms with Gasteiger partial charge in [0.25, 0.3) is 5.91 Å². The fourth-order valence-electron chi connectivity index (χ4n) is 3.55. The minimum atomic E-state index is -0.251. The molecule has 6 heteroatoms. The zero-order chi connectivity index (χ0) is 17.8. The molecule has 0 bridgehead atoms. The van der Waals surface area contributed by atoms with Gasteiger partial charge in [-0.15, -0.1) is 0 Å². The predicted octanol–water partition coefficient (Wildman–Crippen LogP) is 1.57. The Labute approximate surface area is 149 Å². The number of carbonyl (C=O) groups is 2. The third-order valence-electron chi connectivity index (χ3n) is 4.76. The summed E-state index contributed by atoms with van der Waals surface area (Å²) in [4.78, 5) is 28.6. The van der Waals surface area contributed by atoms with E-state index in [1.807, 2.05) is 30.9 Å². The molecule has 6 nitrogen and oxygen atoms in total. The normalized spacial score (nSPS) is 21.4. The number of ether oxygens (including phenoxy) is 1. The van der Waals surface area contributed by atoms with E-state index in [-0.39, 0.29) is 17.9 Å². The van der Waals surface area contributed by atoms with Gasteiger partial charge in [-0.2, -0.15) is 0 Å². The van der Waals surface area contributed by atoms with Crippen molar-refractivity contribution >= 4 is 17.5 Å². The summed E-state index contributed by atoms with van der Waals surface area (Å²) in [5, 5.41) is 2.97. The smallest absolute Gasteiger partial charge is 0.251 e. The molecule has 3 rings (SSSR count). The molecule has 0 saturated carbocycles. The van der Waals surface area contributed by atoms with Crippen molar-refractivity contribution in [3.63, 3.8) is 0 Å². The van der Waals surface area contributed by atoms with Gasteiger partial charge >= 0.3 is 0 Å². The van der Waals surface area contributed by atoms with Gasteiger partial charge in [-0.05, 0) is 49.9 Å². The zero-order valence-electron chi connectivity index (χ0n) is 15.1. The van der Waals surface area contributed by atoms with E-state index in [0.717, 1.165) is 42.7 Å². The Morgan fingerprint density at radius 1 is 1.12 bits per heavy atom. The van der Waals surface area contributed by atoms with Crippen LogP contribution in [0, 0.1) is 13.8 Å². The molecule has 2 amide bonds. The van der Waals surface area contributed by atoms with Crippen molar-refractivity contribution in [2.75, 3.05) is 44.6 Å². The Morgan fingerprint density at radius 3 is 2.40 bits per heavy atom. The molecule has 25 heavy (non-hydrogen) atoms. The van der Waals surface area contributed by atoms with Crippen LogP contribution in [0.25, 0.3) is 0 Å². The molecular weight excluding hydrogens is 318 g/mol. The summed E-state index contributed by atoms with van der Waals surface area (Å²) in [6.07, 6.45) is 1.55. The summed E-state index contributed by atoms with van der Waals surface area (Å²) in [5.74, 6) is 0.0979. The molecule has 2 saturated heterocycles. The van der Waals surface area contributed by atoms with Crippen LogP contribution in [0.5, 0.6) is 0 Å². The molecule has 2 aliphatic heterocycles. The number of aryl methyl sites for hydroxylation is 2. The van der Waals surface area contributed by atoms with E-state index in [1.165, 1.54) is 0 Å². The quantitative estimate of drug-likeness (QED) is 0.900. The number of hydrogen-bond acceptors (Lipinski definition) is 4. The Morgan fingerprint density at radius 2 is 1.80 bits per heavy atom. The molecule has 0 unspecified atom stereocenters. The average molecular weight is 345 g/mol. The van der Waals surface area contributed by atoms with Gasteiger partial charge in [-0.25, -0.2) is 0 Å². The summed E-state index contributed by atoms with van der Waals surface area (Å²) >= 11 is 0. The van der Waals surface area contributed by atoms with Crippen LogP contribution in [0.1, 0.15) is 24.0 Å². The topological polar surface area (TPSA) is 61.9 Å². The van der Waals surface area contributed by atoms with Crippen molar-refractivity contribution in [2.24, 2.45) is 0 Å². The molecule has 136 valence electrons. The molecule has 0 radical (unpaired) electrons. The molecular formula is C19H27N3O3. The lowest BCUT2D eigenvalue weighted by atomic mass is 10.1. The number of nitrogens with zero attached hydrogens (tertiary/aromatic N) is 2. The van der Waals surface area contributed by atoms with E-state index in [0.29, 0.717) is 26.2 Å². The molecule has 2 heterocycles. The molecule has 1 aromatic carbocycles. The predicted molar refractivity (Wildman–Crippen MR) is 96.5 cm³/mol. The van der Waals surface area contributed by atoms with Crippen molar-refractivity contribution in [2.45, 2.75) is 32.8 Å². The molecule has 1 atom stereocenters. The minimum Gasteiger partial charge on any atom is -0.368 e. The van der Waals surface area contributed by atoms with Crippen molar-refractivity contribution in [3.8, 4) is 0 Å². The number of amides is 2. The first-order chi connectivity index (χ1) is 12.0. The maximum Gasteiger partial charge on any atom is 0.251 e. The van der Waals surface area contributed by atoms with Gasteiger partial charge < -0.3 is 15.0 Å². The summed E-state index contributed by atoms with van der Waals surface area (Å²) in [6, 6.07) is 6.03. The molecule has 0 aliphatic carbocycles. The molecule has 2 aliphatic rings. The molecule has 0 spiro atoms. The van der Waals surface area contributed by atoms with E-state index < -0.39 is 0 Å². The van der Waals surface area contributed by atoms with E-state index in [9.17, 15) is 9.59 Å². The third kappa shape index (κ3) is 4.80. The number of carbonyl (C=O) groups excluding carboxylic acids is 2. The van der Waals surface area contributed by atoms with Gasteiger partial charge in [0, 0.05) is 38.5 Å². The number of nitrogens with one attached hydrogen (secondary N) is 1. The third-order valence-corrected chi connectivity index (χ3v) is 4.76. The molecule has 0 aromatic heterocycles. The lowest BCUT2D eigenvalue weighted by molar-refractivity contribution is -0.142. The van der Waals surface area contributed by atoms with Gasteiger partial charge in [-0.3, -0.25) is 14.5 Å². The fourth-order valence-corrected chi connectivity index (χ4v) is 3.55. The first kappa shape index (κ1) is 17.9. The van der Waals surface area contributed by atoms with Crippen molar-refractivity contribution in [1.82, 2.24) is 9.80 Å². The lowest BCUT2D eigenvalue weighted by Crippen LogP contribution is -2.52. The van der Waals surface area contributed by atoms with Gasteiger partial charge in [0.1, 0.15) is 6.10 Å². The number of piperazine rings is 1. The monoisotopic (exact) mass is 345 g/mol. The zero-order valence-corrected chi connectivity index (χ0v) is 15.1. The Bertz CT molecular complexity index is 613. The first-order valence-electron chi connectivity index (χ1n) is 9.02. The van der Waals surface area contributed by atoms with Crippen LogP contribution in [-0.4, -0.2) is 67.0 Å². The second kappa shape index (κ2) is 7.97. The Hall–Kier alpha value is -1.92. The van der Waals surface area contributed by atoms with Crippen LogP contribution in [-0.2, 0) is 14.3 Å². The van der Waals surface area contributed by atoms with Crippen molar-refractivity contribution in [1.29, 1.82) is 0 Å². The summed E-state index contributed by atoms with van der Waals surface area (Å²) in [5.41, 5.74) is 3.11. The van der Waals surface area contributed by atoms with Crippen molar-refractivity contribution in [3.05, 3.63) is 29.3 Å². The van der Waals surface area contributed by atoms with E-state index in [1.54, 1.807) is 0 Å². The average Bonchev–Trinajstić information content (AvgIpc) is 3.08. The number of benzene rings is 1. The number of rotatable bonds is 4. The fraction of sp³-hybridized carbons (Fsp3) is 0.579. The molecule has 2 fully saturated rings. The number of anilines is 1. The highest BCUT2D eigenvalue weighted by Gasteiger charge is 2.30. The van der Waals surface area contributed by atoms with E-state index in [2.05, 4.69) is 16.3 Å². The largest absolute Gasteiger partial charge is 0.368 e. The van der Waals surface area contributed by atoms with Gasteiger partial charge in [-0.1, -0.05) is 6.07 Å². The van der Waals surface area contributed by atoms with Crippen LogP contribution >= 0.6 is 0 Å². The molecule has 1 N–H and O–H groups in total. The highest BCUT2D eigenvalue weighted by atomic mass is 16.5. The van der Waals surface area contributed by atoms with Crippen molar-refractivity contribution < 1.29 is 14.3 Å².